The maximum atomic E-state index is 12.9. The van der Waals surface area contributed by atoms with E-state index < -0.39 is 10.0 Å². The molecule has 1 saturated heterocycles. The molecule has 0 saturated carbocycles. The van der Waals surface area contributed by atoms with E-state index >= 15 is 0 Å². The van der Waals surface area contributed by atoms with Crippen LogP contribution in [0, 0.1) is 0 Å². The third kappa shape index (κ3) is 6.01. The molecule has 0 spiro atoms. The summed E-state index contributed by atoms with van der Waals surface area (Å²) in [7, 11) is -3.59. The van der Waals surface area contributed by atoms with E-state index in [0.29, 0.717) is 25.2 Å². The molecule has 0 bridgehead atoms. The van der Waals surface area contributed by atoms with Gasteiger partial charge in [-0.25, -0.2) is 8.42 Å². The van der Waals surface area contributed by atoms with Crippen LogP contribution in [0.15, 0.2) is 29.2 Å². The minimum atomic E-state index is -3.59. The van der Waals surface area contributed by atoms with Crippen molar-refractivity contribution in [2.45, 2.75) is 51.2 Å². The topological polar surface area (TPSA) is 79.0 Å². The van der Waals surface area contributed by atoms with Crippen LogP contribution in [-0.4, -0.2) is 75.0 Å². The minimum absolute atomic E-state index is 0.139. The molecule has 28 heavy (non-hydrogen) atoms. The first-order valence-corrected chi connectivity index (χ1v) is 11.5. The zero-order chi connectivity index (χ0) is 20.7. The Morgan fingerprint density at radius 3 is 2.25 bits per heavy atom. The van der Waals surface area contributed by atoms with E-state index in [1.54, 1.807) is 12.1 Å². The molecule has 1 heterocycles. The molecule has 0 aromatic heterocycles. The van der Waals surface area contributed by atoms with Crippen LogP contribution in [0.3, 0.4) is 0 Å². The molecule has 1 aliphatic rings. The van der Waals surface area contributed by atoms with Crippen molar-refractivity contribution in [1.82, 2.24) is 14.5 Å². The summed E-state index contributed by atoms with van der Waals surface area (Å²) < 4.78 is 32.8. The lowest BCUT2D eigenvalue weighted by Crippen LogP contribution is -2.48. The number of rotatable bonds is 9. The number of sulfonamides is 1. The number of nitrogens with zero attached hydrogens (tertiary/aromatic N) is 2. The molecule has 1 fully saturated rings. The highest BCUT2D eigenvalue weighted by atomic mass is 32.2. The van der Waals surface area contributed by atoms with Crippen molar-refractivity contribution < 1.29 is 17.9 Å². The van der Waals surface area contributed by atoms with Gasteiger partial charge in [0.05, 0.1) is 17.1 Å². The van der Waals surface area contributed by atoms with E-state index in [0.717, 1.165) is 26.1 Å². The predicted molar refractivity (Wildman–Crippen MR) is 110 cm³/mol. The lowest BCUT2D eigenvalue weighted by atomic mass is 10.2. The molecule has 158 valence electrons. The lowest BCUT2D eigenvalue weighted by molar-refractivity contribution is -0.0440. The van der Waals surface area contributed by atoms with E-state index in [4.69, 9.17) is 4.74 Å². The zero-order valence-electron chi connectivity index (χ0n) is 17.3. The minimum Gasteiger partial charge on any atom is -0.373 e. The van der Waals surface area contributed by atoms with Crippen LogP contribution in [0.2, 0.25) is 0 Å². The van der Waals surface area contributed by atoms with Crippen molar-refractivity contribution in [3.63, 3.8) is 0 Å². The van der Waals surface area contributed by atoms with E-state index in [9.17, 15) is 13.2 Å². The Kier molecular flexibility index (Phi) is 8.42. The van der Waals surface area contributed by atoms with Crippen LogP contribution >= 0.6 is 0 Å². The molecule has 1 N–H and O–H groups in total. The number of ether oxygens (including phenoxy) is 1. The summed E-state index contributed by atoms with van der Waals surface area (Å²) in [5.74, 6) is -0.183. The summed E-state index contributed by atoms with van der Waals surface area (Å²) in [6.45, 7) is 12.2. The largest absolute Gasteiger partial charge is 0.373 e. The summed E-state index contributed by atoms with van der Waals surface area (Å²) in [5, 5.41) is 2.89. The molecule has 0 unspecified atom stereocenters. The average Bonchev–Trinajstić information content (AvgIpc) is 2.67. The molecule has 1 aromatic carbocycles. The van der Waals surface area contributed by atoms with E-state index in [1.807, 2.05) is 13.8 Å². The molecule has 1 amide bonds. The molecular formula is C20H33N3O4S. The standard InChI is InChI=1S/C20H33N3O4S/c1-5-22(6-2)13-7-12-21-20(24)18-8-10-19(11-9-18)28(25,26)23-14-16(3)27-17(4)15-23/h8-11,16-17H,5-7,12-15H2,1-4H3,(H,21,24)/t16-,17+. The van der Waals surface area contributed by atoms with Crippen LogP contribution < -0.4 is 5.32 Å². The lowest BCUT2D eigenvalue weighted by Gasteiger charge is -2.34. The second-order valence-electron chi connectivity index (χ2n) is 7.24. The first kappa shape index (κ1) is 22.8. The van der Waals surface area contributed by atoms with Crippen molar-refractivity contribution >= 4 is 15.9 Å². The van der Waals surface area contributed by atoms with Gasteiger partial charge in [-0.15, -0.1) is 0 Å². The van der Waals surface area contributed by atoms with Gasteiger partial charge < -0.3 is 15.0 Å². The van der Waals surface area contributed by atoms with Gasteiger partial charge in [-0.05, 0) is 64.2 Å². The molecule has 8 heteroatoms. The fourth-order valence-corrected chi connectivity index (χ4v) is 4.99. The second-order valence-corrected chi connectivity index (χ2v) is 9.18. The molecule has 7 nitrogen and oxygen atoms in total. The normalized spacial score (nSPS) is 21.0. The molecular weight excluding hydrogens is 378 g/mol. The van der Waals surface area contributed by atoms with Gasteiger partial charge in [0.2, 0.25) is 10.0 Å². The van der Waals surface area contributed by atoms with Gasteiger partial charge in [0, 0.05) is 25.2 Å². The van der Waals surface area contributed by atoms with E-state index in [1.165, 1.54) is 16.4 Å². The smallest absolute Gasteiger partial charge is 0.251 e. The number of hydrogen-bond acceptors (Lipinski definition) is 5. The zero-order valence-corrected chi connectivity index (χ0v) is 18.2. The first-order valence-electron chi connectivity index (χ1n) is 10.0. The van der Waals surface area contributed by atoms with Gasteiger partial charge in [-0.3, -0.25) is 4.79 Å². The van der Waals surface area contributed by atoms with Crippen LogP contribution in [-0.2, 0) is 14.8 Å². The number of carbonyl (C=O) groups is 1. The highest BCUT2D eigenvalue weighted by Gasteiger charge is 2.32. The molecule has 0 radical (unpaired) electrons. The van der Waals surface area contributed by atoms with Gasteiger partial charge in [0.1, 0.15) is 0 Å². The van der Waals surface area contributed by atoms with Gasteiger partial charge in [0.25, 0.3) is 5.91 Å². The Hall–Kier alpha value is -1.48. The Bertz CT molecular complexity index is 722. The molecule has 1 aliphatic heterocycles. The highest BCUT2D eigenvalue weighted by Crippen LogP contribution is 2.21. The highest BCUT2D eigenvalue weighted by molar-refractivity contribution is 7.89. The van der Waals surface area contributed by atoms with Gasteiger partial charge in [-0.2, -0.15) is 4.31 Å². The Morgan fingerprint density at radius 1 is 1.14 bits per heavy atom. The van der Waals surface area contributed by atoms with Crippen molar-refractivity contribution in [3.8, 4) is 0 Å². The summed E-state index contributed by atoms with van der Waals surface area (Å²) in [6.07, 6.45) is 0.604. The number of nitrogens with one attached hydrogen (secondary N) is 1. The maximum absolute atomic E-state index is 12.9. The quantitative estimate of drug-likeness (QED) is 0.629. The van der Waals surface area contributed by atoms with Crippen LogP contribution in [0.1, 0.15) is 44.5 Å². The SMILES string of the molecule is CCN(CC)CCCNC(=O)c1ccc(S(=O)(=O)N2C[C@@H](C)O[C@@H](C)C2)cc1. The van der Waals surface area contributed by atoms with E-state index in [2.05, 4.69) is 24.1 Å². The van der Waals surface area contributed by atoms with Crippen molar-refractivity contribution in [2.24, 2.45) is 0 Å². The number of carbonyl (C=O) groups excluding carboxylic acids is 1. The van der Waals surface area contributed by atoms with Crippen molar-refractivity contribution in [1.29, 1.82) is 0 Å². The third-order valence-corrected chi connectivity index (χ3v) is 6.82. The molecule has 2 atom stereocenters. The summed E-state index contributed by atoms with van der Waals surface area (Å²) in [5.41, 5.74) is 0.463. The fourth-order valence-electron chi connectivity index (χ4n) is 3.40. The molecule has 0 aliphatic carbocycles. The van der Waals surface area contributed by atoms with Crippen molar-refractivity contribution in [3.05, 3.63) is 29.8 Å². The Labute approximate surface area is 169 Å². The fraction of sp³-hybridized carbons (Fsp3) is 0.650. The second kappa shape index (κ2) is 10.3. The van der Waals surface area contributed by atoms with Gasteiger partial charge >= 0.3 is 0 Å². The summed E-state index contributed by atoms with van der Waals surface area (Å²) in [4.78, 5) is 14.8. The number of hydrogen-bond donors (Lipinski definition) is 1. The summed E-state index contributed by atoms with van der Waals surface area (Å²) >= 11 is 0. The van der Waals surface area contributed by atoms with Gasteiger partial charge in [0.15, 0.2) is 0 Å². The first-order chi connectivity index (χ1) is 13.3. The average molecular weight is 412 g/mol. The van der Waals surface area contributed by atoms with Crippen LogP contribution in [0.25, 0.3) is 0 Å². The number of benzene rings is 1. The Balaban J connectivity index is 1.94. The van der Waals surface area contributed by atoms with E-state index in [-0.39, 0.29) is 23.0 Å². The number of amides is 1. The number of morpholine rings is 1. The molecule has 1 aromatic rings. The predicted octanol–water partition coefficient (Wildman–Crippen LogP) is 1.95. The Morgan fingerprint density at radius 2 is 1.71 bits per heavy atom. The van der Waals surface area contributed by atoms with Gasteiger partial charge in [-0.1, -0.05) is 13.8 Å². The summed E-state index contributed by atoms with van der Waals surface area (Å²) in [6, 6.07) is 6.15. The monoisotopic (exact) mass is 411 g/mol. The van der Waals surface area contributed by atoms with Crippen LogP contribution in [0.5, 0.6) is 0 Å². The van der Waals surface area contributed by atoms with Crippen LogP contribution in [0.4, 0.5) is 0 Å². The van der Waals surface area contributed by atoms with Crippen molar-refractivity contribution in [2.75, 3.05) is 39.3 Å². The third-order valence-electron chi connectivity index (χ3n) is 4.97. The molecule has 2 rings (SSSR count). The maximum Gasteiger partial charge on any atom is 0.251 e.